The Hall–Kier alpha value is -2.33. The Bertz CT molecular complexity index is 766. The summed E-state index contributed by atoms with van der Waals surface area (Å²) in [6, 6.07) is 18.9. The van der Waals surface area contributed by atoms with E-state index in [1.807, 2.05) is 24.3 Å². The van der Waals surface area contributed by atoms with Crippen LogP contribution < -0.4 is 4.74 Å². The van der Waals surface area contributed by atoms with Gasteiger partial charge in [0.25, 0.3) is 0 Å². The van der Waals surface area contributed by atoms with Gasteiger partial charge in [0.15, 0.2) is 6.61 Å². The number of hydrogen-bond acceptors (Lipinski definition) is 3. The van der Waals surface area contributed by atoms with Crippen LogP contribution in [0.5, 0.6) is 5.75 Å². The second-order valence-electron chi connectivity index (χ2n) is 8.03. The number of hydrogen-bond donors (Lipinski definition) is 1. The molecule has 4 nitrogen and oxygen atoms in total. The van der Waals surface area contributed by atoms with E-state index in [0.717, 1.165) is 13.1 Å². The highest BCUT2D eigenvalue weighted by Gasteiger charge is 2.48. The number of rotatable bonds is 6. The Morgan fingerprint density at radius 3 is 2.44 bits per heavy atom. The number of carboxylic acids is 1. The number of carbonyl (C=O) groups is 1. The molecule has 4 rings (SSSR count). The molecule has 2 aromatic carbocycles. The van der Waals surface area contributed by atoms with Gasteiger partial charge in [-0.3, -0.25) is 4.90 Å². The number of benzene rings is 2. The van der Waals surface area contributed by atoms with Crippen LogP contribution in [0.1, 0.15) is 42.7 Å². The van der Waals surface area contributed by atoms with Gasteiger partial charge in [0.05, 0.1) is 0 Å². The zero-order chi connectivity index (χ0) is 18.7. The Labute approximate surface area is 160 Å². The molecule has 27 heavy (non-hydrogen) atoms. The lowest BCUT2D eigenvalue weighted by molar-refractivity contribution is -0.139. The van der Waals surface area contributed by atoms with Crippen molar-refractivity contribution in [2.24, 2.45) is 5.41 Å². The van der Waals surface area contributed by atoms with Gasteiger partial charge >= 0.3 is 5.97 Å². The maximum Gasteiger partial charge on any atom is 0.341 e. The van der Waals surface area contributed by atoms with E-state index < -0.39 is 5.97 Å². The quantitative estimate of drug-likeness (QED) is 0.829. The van der Waals surface area contributed by atoms with Gasteiger partial charge in [-0.2, -0.15) is 0 Å². The fraction of sp³-hybridized carbons (Fsp3) is 0.435. The maximum absolute atomic E-state index is 10.6. The van der Waals surface area contributed by atoms with Crippen molar-refractivity contribution in [3.63, 3.8) is 0 Å². The molecule has 2 aromatic rings. The summed E-state index contributed by atoms with van der Waals surface area (Å²) in [7, 11) is 0. The monoisotopic (exact) mass is 365 g/mol. The Morgan fingerprint density at radius 2 is 1.78 bits per heavy atom. The van der Waals surface area contributed by atoms with Crippen molar-refractivity contribution >= 4 is 5.97 Å². The van der Waals surface area contributed by atoms with E-state index in [2.05, 4.69) is 35.2 Å². The Morgan fingerprint density at radius 1 is 1.07 bits per heavy atom. The topological polar surface area (TPSA) is 49.8 Å². The van der Waals surface area contributed by atoms with Gasteiger partial charge in [-0.25, -0.2) is 4.79 Å². The van der Waals surface area contributed by atoms with Gasteiger partial charge in [-0.1, -0.05) is 55.3 Å². The van der Waals surface area contributed by atoms with E-state index in [-0.39, 0.29) is 6.61 Å². The van der Waals surface area contributed by atoms with Crippen molar-refractivity contribution in [2.75, 3.05) is 19.7 Å². The molecule has 0 radical (unpaired) electrons. The highest BCUT2D eigenvalue weighted by atomic mass is 16.5. The lowest BCUT2D eigenvalue weighted by Gasteiger charge is -2.30. The first-order valence-corrected chi connectivity index (χ1v) is 9.85. The van der Waals surface area contributed by atoms with Crippen molar-refractivity contribution in [3.8, 4) is 5.75 Å². The van der Waals surface area contributed by atoms with Gasteiger partial charge in [0.2, 0.25) is 0 Å². The predicted octanol–water partition coefficient (Wildman–Crippen LogP) is 4.31. The molecule has 1 unspecified atom stereocenters. The average Bonchev–Trinajstić information content (AvgIpc) is 3.29. The molecule has 0 bridgehead atoms. The zero-order valence-electron chi connectivity index (χ0n) is 15.6. The molecule has 1 saturated heterocycles. The first-order chi connectivity index (χ1) is 13.1. The Kier molecular flexibility index (Phi) is 5.17. The summed E-state index contributed by atoms with van der Waals surface area (Å²) >= 11 is 0. The molecule has 1 aliphatic carbocycles. The summed E-state index contributed by atoms with van der Waals surface area (Å²) in [4.78, 5) is 13.2. The molecule has 1 heterocycles. The summed E-state index contributed by atoms with van der Waals surface area (Å²) in [6.07, 6.45) is 5.38. The minimum Gasteiger partial charge on any atom is -0.482 e. The lowest BCUT2D eigenvalue weighted by Crippen LogP contribution is -2.26. The van der Waals surface area contributed by atoms with Gasteiger partial charge in [-0.05, 0) is 41.5 Å². The third-order valence-electron chi connectivity index (χ3n) is 6.21. The second-order valence-corrected chi connectivity index (χ2v) is 8.03. The predicted molar refractivity (Wildman–Crippen MR) is 105 cm³/mol. The van der Waals surface area contributed by atoms with Crippen LogP contribution in [-0.2, 0) is 11.3 Å². The van der Waals surface area contributed by atoms with Gasteiger partial charge < -0.3 is 9.84 Å². The molecular weight excluding hydrogens is 338 g/mol. The minimum atomic E-state index is -0.954. The first-order valence-electron chi connectivity index (χ1n) is 9.85. The lowest BCUT2D eigenvalue weighted by atomic mass is 9.73. The highest BCUT2D eigenvalue weighted by molar-refractivity contribution is 5.68. The second kappa shape index (κ2) is 7.73. The highest BCUT2D eigenvalue weighted by Crippen LogP contribution is 2.53. The van der Waals surface area contributed by atoms with Gasteiger partial charge in [-0.15, -0.1) is 0 Å². The smallest absolute Gasteiger partial charge is 0.341 e. The molecule has 1 aliphatic heterocycles. The number of likely N-dealkylation sites (tertiary alicyclic amines) is 1. The van der Waals surface area contributed by atoms with Crippen LogP contribution >= 0.6 is 0 Å². The van der Waals surface area contributed by atoms with Crippen LogP contribution in [-0.4, -0.2) is 35.7 Å². The number of ether oxygens (including phenoxy) is 1. The zero-order valence-corrected chi connectivity index (χ0v) is 15.6. The molecule has 1 atom stereocenters. The molecule has 1 N–H and O–H groups in total. The average molecular weight is 365 g/mol. The fourth-order valence-corrected chi connectivity index (χ4v) is 5.02. The summed E-state index contributed by atoms with van der Waals surface area (Å²) in [5, 5.41) is 8.71. The van der Waals surface area contributed by atoms with E-state index in [0.29, 0.717) is 17.1 Å². The van der Waals surface area contributed by atoms with Gasteiger partial charge in [0, 0.05) is 25.6 Å². The van der Waals surface area contributed by atoms with E-state index in [9.17, 15) is 4.79 Å². The molecular formula is C23H27NO3. The molecule has 1 spiro atoms. The fourth-order valence-electron chi connectivity index (χ4n) is 5.02. The van der Waals surface area contributed by atoms with E-state index >= 15 is 0 Å². The maximum atomic E-state index is 10.6. The molecule has 2 aliphatic rings. The molecule has 2 fully saturated rings. The van der Waals surface area contributed by atoms with Crippen molar-refractivity contribution in [1.82, 2.24) is 4.90 Å². The summed E-state index contributed by atoms with van der Waals surface area (Å²) in [5.41, 5.74) is 3.17. The molecule has 4 heteroatoms. The van der Waals surface area contributed by atoms with Crippen molar-refractivity contribution in [3.05, 3.63) is 65.7 Å². The summed E-state index contributed by atoms with van der Waals surface area (Å²) < 4.78 is 5.23. The van der Waals surface area contributed by atoms with Crippen molar-refractivity contribution in [1.29, 1.82) is 0 Å². The third-order valence-corrected chi connectivity index (χ3v) is 6.21. The van der Waals surface area contributed by atoms with Crippen molar-refractivity contribution < 1.29 is 14.6 Å². The molecule has 1 saturated carbocycles. The normalized spacial score (nSPS) is 21.6. The first kappa shape index (κ1) is 18.1. The standard InChI is InChI=1S/C23H27NO3/c25-22(26)16-27-20-10-8-18(9-11-20)14-24-15-21(19-6-2-1-3-7-19)23(17-24)12-4-5-13-23/h1-3,6-11,21H,4-5,12-17H2,(H,25,26). The van der Waals surface area contributed by atoms with Crippen LogP contribution in [0.3, 0.4) is 0 Å². The minimum absolute atomic E-state index is 0.299. The SMILES string of the molecule is O=C(O)COc1ccc(CN2CC(c3ccccc3)C3(CCCC3)C2)cc1. The van der Waals surface area contributed by atoms with Crippen LogP contribution in [0.4, 0.5) is 0 Å². The molecule has 0 aromatic heterocycles. The van der Waals surface area contributed by atoms with Crippen LogP contribution in [0.2, 0.25) is 0 Å². The third kappa shape index (κ3) is 4.01. The van der Waals surface area contributed by atoms with Crippen LogP contribution in [0.15, 0.2) is 54.6 Å². The Balaban J connectivity index is 1.45. The summed E-state index contributed by atoms with van der Waals surface area (Å²) in [6.45, 7) is 2.92. The van der Waals surface area contributed by atoms with Crippen LogP contribution in [0, 0.1) is 5.41 Å². The number of nitrogens with zero attached hydrogens (tertiary/aromatic N) is 1. The number of aliphatic carboxylic acids is 1. The largest absolute Gasteiger partial charge is 0.482 e. The van der Waals surface area contributed by atoms with E-state index in [1.54, 1.807) is 0 Å². The summed E-state index contributed by atoms with van der Waals surface area (Å²) in [5.74, 6) is 0.279. The van der Waals surface area contributed by atoms with E-state index in [4.69, 9.17) is 9.84 Å². The van der Waals surface area contributed by atoms with E-state index in [1.165, 1.54) is 43.4 Å². The van der Waals surface area contributed by atoms with Crippen LogP contribution in [0.25, 0.3) is 0 Å². The molecule has 0 amide bonds. The molecule has 142 valence electrons. The van der Waals surface area contributed by atoms with Crippen molar-refractivity contribution in [2.45, 2.75) is 38.1 Å². The van der Waals surface area contributed by atoms with Gasteiger partial charge in [0.1, 0.15) is 5.75 Å². The number of carboxylic acid groups (broad SMARTS) is 1.